The lowest BCUT2D eigenvalue weighted by atomic mass is 9.33. The van der Waals surface area contributed by atoms with Crippen molar-refractivity contribution in [1.82, 2.24) is 4.57 Å². The van der Waals surface area contributed by atoms with E-state index in [1.54, 1.807) is 0 Å². The normalized spacial score (nSPS) is 12.9. The average molecular weight is 821 g/mol. The summed E-state index contributed by atoms with van der Waals surface area (Å²) in [6, 6.07) is 84.2. The molecule has 2 nitrogen and oxygen atoms in total. The molecule has 0 spiro atoms. The first kappa shape index (κ1) is 35.1. The smallest absolute Gasteiger partial charge is 0.252 e. The molecule has 0 saturated carbocycles. The Kier molecular flexibility index (Phi) is 7.06. The number of rotatable bonds is 4. The average Bonchev–Trinajstić information content (AvgIpc) is 3.67. The number of fused-ring (bicyclic) bond motifs is 9. The Balaban J connectivity index is 1.10. The minimum absolute atomic E-state index is 0.0146. The van der Waals surface area contributed by atoms with Crippen LogP contribution in [0.2, 0.25) is 0 Å². The maximum Gasteiger partial charge on any atom is 0.252 e. The van der Waals surface area contributed by atoms with Crippen LogP contribution < -0.4 is 21.3 Å². The van der Waals surface area contributed by atoms with Crippen LogP contribution in [0.3, 0.4) is 0 Å². The van der Waals surface area contributed by atoms with Gasteiger partial charge in [0.25, 0.3) is 6.71 Å². The Morgan fingerprint density at radius 1 is 0.308 bits per heavy atom. The minimum Gasteiger partial charge on any atom is -0.311 e. The molecule has 0 unspecified atom stereocenters. The Morgan fingerprint density at radius 3 is 1.71 bits per heavy atom. The van der Waals surface area contributed by atoms with Gasteiger partial charge in [-0.1, -0.05) is 182 Å². The fourth-order valence-corrected chi connectivity index (χ4v) is 11.9. The molecular formula is C62H37BN2. The van der Waals surface area contributed by atoms with Gasteiger partial charge in [0.1, 0.15) is 0 Å². The first-order chi connectivity index (χ1) is 32.2. The summed E-state index contributed by atoms with van der Waals surface area (Å²) in [5.41, 5.74) is 23.8. The van der Waals surface area contributed by atoms with Crippen molar-refractivity contribution in [2.75, 3.05) is 4.90 Å². The van der Waals surface area contributed by atoms with Crippen molar-refractivity contribution < 1.29 is 0 Å². The maximum atomic E-state index is 2.65. The molecule has 1 aromatic heterocycles. The molecule has 0 amide bonds. The van der Waals surface area contributed by atoms with Gasteiger partial charge in [0.2, 0.25) is 0 Å². The highest BCUT2D eigenvalue weighted by Gasteiger charge is 2.43. The Hall–Kier alpha value is -8.40. The van der Waals surface area contributed by atoms with Crippen molar-refractivity contribution >= 4 is 83.5 Å². The van der Waals surface area contributed by atoms with Crippen LogP contribution >= 0.6 is 0 Å². The van der Waals surface area contributed by atoms with Crippen LogP contribution in [-0.2, 0) is 0 Å². The van der Waals surface area contributed by atoms with Gasteiger partial charge in [-0.25, -0.2) is 0 Å². The summed E-state index contributed by atoms with van der Waals surface area (Å²) in [5.74, 6) is 0. The number of anilines is 3. The maximum absolute atomic E-state index is 2.65. The zero-order valence-electron chi connectivity index (χ0n) is 35.3. The molecule has 0 radical (unpaired) electrons. The molecule has 3 heterocycles. The third kappa shape index (κ3) is 4.84. The molecular weight excluding hydrogens is 784 g/mol. The Morgan fingerprint density at radius 2 is 0.908 bits per heavy atom. The molecule has 0 bridgehead atoms. The van der Waals surface area contributed by atoms with Crippen molar-refractivity contribution in [2.24, 2.45) is 0 Å². The first-order valence-electron chi connectivity index (χ1n) is 22.7. The van der Waals surface area contributed by atoms with Gasteiger partial charge in [0.15, 0.2) is 0 Å². The summed E-state index contributed by atoms with van der Waals surface area (Å²) in [7, 11) is 0. The summed E-state index contributed by atoms with van der Waals surface area (Å²) >= 11 is 0. The largest absolute Gasteiger partial charge is 0.311 e. The number of hydrogen-bond acceptors (Lipinski definition) is 1. The quantitative estimate of drug-likeness (QED) is 0.161. The van der Waals surface area contributed by atoms with Crippen LogP contribution in [0.25, 0.3) is 105 Å². The lowest BCUT2D eigenvalue weighted by Gasteiger charge is -2.41. The summed E-state index contributed by atoms with van der Waals surface area (Å²) in [4.78, 5) is 2.55. The summed E-state index contributed by atoms with van der Waals surface area (Å²) in [6.07, 6.45) is 0. The van der Waals surface area contributed by atoms with E-state index in [1.807, 2.05) is 0 Å². The van der Waals surface area contributed by atoms with E-state index in [2.05, 4.69) is 234 Å². The molecule has 0 atom stereocenters. The van der Waals surface area contributed by atoms with E-state index in [1.165, 1.54) is 132 Å². The van der Waals surface area contributed by atoms with Crippen molar-refractivity contribution in [3.8, 4) is 61.3 Å². The van der Waals surface area contributed by atoms with E-state index in [0.29, 0.717) is 0 Å². The predicted molar refractivity (Wildman–Crippen MR) is 276 cm³/mol. The van der Waals surface area contributed by atoms with E-state index in [0.717, 1.165) is 5.69 Å². The van der Waals surface area contributed by atoms with Crippen LogP contribution in [-0.4, -0.2) is 11.3 Å². The minimum atomic E-state index is -0.0146. The second kappa shape index (κ2) is 13.1. The van der Waals surface area contributed by atoms with Gasteiger partial charge in [0.05, 0.1) is 11.0 Å². The van der Waals surface area contributed by atoms with Gasteiger partial charge in [0, 0.05) is 33.5 Å². The number of aromatic nitrogens is 1. The van der Waals surface area contributed by atoms with E-state index < -0.39 is 0 Å². The van der Waals surface area contributed by atoms with E-state index >= 15 is 0 Å². The molecule has 0 fully saturated rings. The van der Waals surface area contributed by atoms with E-state index in [4.69, 9.17) is 0 Å². The number of benzene rings is 11. The zero-order chi connectivity index (χ0) is 42.3. The highest BCUT2D eigenvalue weighted by atomic mass is 15.2. The molecule has 0 N–H and O–H groups in total. The third-order valence-corrected chi connectivity index (χ3v) is 14.7. The van der Waals surface area contributed by atoms with Crippen molar-refractivity contribution in [2.45, 2.75) is 0 Å². The Bertz CT molecular complexity index is 4000. The highest BCUT2D eigenvalue weighted by molar-refractivity contribution is 7.00. The standard InChI is InChI=1S/C62H37BN2/c1-3-12-38(13-4-1)41-24-28-47(29-25-41)64-54-32-27-45(39-14-5-2-6-15-39)35-53(54)63-52-31-30-51-49-20-10-9-19-48(49)50-21-11-18-42-26-33-55-60(58(42)50)59(51)62(52)65(55)57-37-46(36-56(64)61(57)63)44-23-22-40-16-7-8-17-43(40)34-44/h1-37H. The molecule has 2 aliphatic heterocycles. The summed E-state index contributed by atoms with van der Waals surface area (Å²) < 4.78 is 2.65. The lowest BCUT2D eigenvalue weighted by Crippen LogP contribution is -2.60. The van der Waals surface area contributed by atoms with Gasteiger partial charge in [-0.15, -0.1) is 0 Å². The lowest BCUT2D eigenvalue weighted by molar-refractivity contribution is 1.18. The number of nitrogens with zero attached hydrogens (tertiary/aromatic N) is 2. The molecule has 298 valence electrons. The molecule has 15 rings (SSSR count). The van der Waals surface area contributed by atoms with Gasteiger partial charge in [-0.2, -0.15) is 0 Å². The van der Waals surface area contributed by atoms with Gasteiger partial charge in [-0.3, -0.25) is 0 Å². The van der Waals surface area contributed by atoms with Crippen molar-refractivity contribution in [3.05, 3.63) is 224 Å². The van der Waals surface area contributed by atoms with Crippen LogP contribution in [0.5, 0.6) is 0 Å². The molecule has 11 aromatic carbocycles. The Labute approximate surface area is 377 Å². The topological polar surface area (TPSA) is 8.17 Å². The molecule has 65 heavy (non-hydrogen) atoms. The predicted octanol–water partition coefficient (Wildman–Crippen LogP) is 14.4. The van der Waals surface area contributed by atoms with E-state index in [9.17, 15) is 0 Å². The van der Waals surface area contributed by atoms with Gasteiger partial charge < -0.3 is 9.47 Å². The summed E-state index contributed by atoms with van der Waals surface area (Å²) in [6.45, 7) is -0.0146. The van der Waals surface area contributed by atoms with Gasteiger partial charge in [-0.05, 0) is 136 Å². The van der Waals surface area contributed by atoms with Crippen LogP contribution in [0, 0.1) is 0 Å². The van der Waals surface area contributed by atoms with E-state index in [-0.39, 0.29) is 6.71 Å². The van der Waals surface area contributed by atoms with Crippen molar-refractivity contribution in [3.63, 3.8) is 0 Å². The molecule has 3 aliphatic rings. The molecule has 0 saturated heterocycles. The monoisotopic (exact) mass is 820 g/mol. The SMILES string of the molecule is c1ccc(-c2ccc(N3c4ccc(-c5ccccc5)cc4B4c5c3cc(-c3ccc6ccccc6c3)cc5-n3c5ccc6cccc7c6c5c5c(ccc4c53)-c3ccccc3-7)cc2)cc1. The first-order valence-corrected chi connectivity index (χ1v) is 22.7. The zero-order valence-corrected chi connectivity index (χ0v) is 35.3. The second-order valence-corrected chi connectivity index (χ2v) is 18.0. The molecule has 1 aliphatic carbocycles. The fourth-order valence-electron chi connectivity index (χ4n) is 11.9. The number of hydrogen-bond donors (Lipinski definition) is 0. The summed E-state index contributed by atoms with van der Waals surface area (Å²) in [5, 5.41) is 7.79. The van der Waals surface area contributed by atoms with Crippen LogP contribution in [0.4, 0.5) is 17.1 Å². The van der Waals surface area contributed by atoms with Crippen LogP contribution in [0.15, 0.2) is 224 Å². The third-order valence-electron chi connectivity index (χ3n) is 14.7. The second-order valence-electron chi connectivity index (χ2n) is 18.0. The van der Waals surface area contributed by atoms with Crippen molar-refractivity contribution in [1.29, 1.82) is 0 Å². The van der Waals surface area contributed by atoms with Crippen LogP contribution in [0.1, 0.15) is 0 Å². The van der Waals surface area contributed by atoms with Gasteiger partial charge >= 0.3 is 0 Å². The molecule has 3 heteroatoms. The molecule has 12 aromatic rings. The fraction of sp³-hybridized carbons (Fsp3) is 0. The highest BCUT2D eigenvalue weighted by Crippen LogP contribution is 2.51.